The molecule has 1 saturated heterocycles. The minimum absolute atomic E-state index is 0.0893. The van der Waals surface area contributed by atoms with Gasteiger partial charge in [-0.25, -0.2) is 18.0 Å². The number of anilines is 1. The third-order valence-electron chi connectivity index (χ3n) is 9.17. The van der Waals surface area contributed by atoms with Crippen LogP contribution in [0.25, 0.3) is 5.69 Å². The van der Waals surface area contributed by atoms with Crippen molar-refractivity contribution < 1.29 is 41.9 Å². The van der Waals surface area contributed by atoms with E-state index in [9.17, 15) is 32.4 Å². The normalized spacial score (nSPS) is 23.3. The Kier molecular flexibility index (Phi) is 10.7. The van der Waals surface area contributed by atoms with Gasteiger partial charge in [-0.2, -0.15) is 10.2 Å². The fourth-order valence-electron chi connectivity index (χ4n) is 6.19. The van der Waals surface area contributed by atoms with Crippen molar-refractivity contribution in [1.29, 1.82) is 0 Å². The molecule has 3 aliphatic rings. The second-order valence-corrected chi connectivity index (χ2v) is 17.8. The van der Waals surface area contributed by atoms with E-state index in [0.717, 1.165) is 5.56 Å². The Morgan fingerprint density at radius 1 is 1.04 bits per heavy atom. The Balaban J connectivity index is 1.40. The molecule has 2 aromatic rings. The third-order valence-corrected chi connectivity index (χ3v) is 11.0. The molecular formula is C35H48N8O9S. The van der Waals surface area contributed by atoms with Crippen LogP contribution in [0.3, 0.4) is 0 Å². The number of hydrogen-bond acceptors (Lipinski definition) is 11. The van der Waals surface area contributed by atoms with Crippen LogP contribution in [0, 0.1) is 18.3 Å². The molecule has 2 unspecified atom stereocenters. The molecule has 53 heavy (non-hydrogen) atoms. The van der Waals surface area contributed by atoms with Crippen molar-refractivity contribution in [2.24, 2.45) is 11.3 Å². The lowest BCUT2D eigenvalue weighted by Crippen LogP contribution is -2.60. The summed E-state index contributed by atoms with van der Waals surface area (Å²) in [5.41, 5.74) is -1.72. The van der Waals surface area contributed by atoms with Gasteiger partial charge in [-0.1, -0.05) is 32.9 Å². The van der Waals surface area contributed by atoms with Crippen molar-refractivity contribution in [3.63, 3.8) is 0 Å². The summed E-state index contributed by atoms with van der Waals surface area (Å²) in [4.78, 5) is 70.7. The van der Waals surface area contributed by atoms with Crippen molar-refractivity contribution in [3.05, 3.63) is 48.8 Å². The smallest absolute Gasteiger partial charge is 0.412 e. The Morgan fingerprint density at radius 3 is 2.26 bits per heavy atom. The first-order valence-corrected chi connectivity index (χ1v) is 18.9. The highest BCUT2D eigenvalue weighted by Crippen LogP contribution is 2.45. The van der Waals surface area contributed by atoms with Crippen LogP contribution in [0.4, 0.5) is 15.3 Å². The largest absolute Gasteiger partial charge is 0.444 e. The SMILES string of the molecule is C=CC1CC1(NC(=O)[C@@H]1C[C@@H](OC(=O)Nc2cc(C)ccc2-n2nccn2)CN1C(=O)[C@@H](NC(=O)OC(C)(C)C)C(C)(C)C)C(=O)NS(=O)(=O)C1CC1. The van der Waals surface area contributed by atoms with Crippen LogP contribution in [0.2, 0.25) is 0 Å². The summed E-state index contributed by atoms with van der Waals surface area (Å²) in [6.45, 7) is 15.5. The van der Waals surface area contributed by atoms with E-state index in [1.165, 1.54) is 28.2 Å². The summed E-state index contributed by atoms with van der Waals surface area (Å²) in [5, 5.41) is 15.6. The second kappa shape index (κ2) is 14.4. The molecule has 17 nitrogen and oxygen atoms in total. The molecule has 1 aromatic carbocycles. The molecule has 18 heteroatoms. The number of hydrogen-bond donors (Lipinski definition) is 4. The molecule has 5 amide bonds. The molecule has 288 valence electrons. The number of rotatable bonds is 11. The van der Waals surface area contributed by atoms with Gasteiger partial charge in [0.25, 0.3) is 5.91 Å². The number of sulfonamides is 1. The highest BCUT2D eigenvalue weighted by molar-refractivity contribution is 7.91. The highest BCUT2D eigenvalue weighted by atomic mass is 32.2. The lowest BCUT2D eigenvalue weighted by Gasteiger charge is -2.36. The molecular weight excluding hydrogens is 708 g/mol. The quantitative estimate of drug-likeness (QED) is 0.244. The number of nitrogens with zero attached hydrogens (tertiary/aromatic N) is 4. The summed E-state index contributed by atoms with van der Waals surface area (Å²) in [5.74, 6) is -2.91. The van der Waals surface area contributed by atoms with Gasteiger partial charge in [0.1, 0.15) is 35.0 Å². The van der Waals surface area contributed by atoms with Gasteiger partial charge in [-0.15, -0.1) is 11.4 Å². The van der Waals surface area contributed by atoms with Gasteiger partial charge in [0, 0.05) is 12.3 Å². The minimum atomic E-state index is -3.94. The Bertz CT molecular complexity index is 1880. The van der Waals surface area contributed by atoms with E-state index >= 15 is 0 Å². The molecule has 2 saturated carbocycles. The van der Waals surface area contributed by atoms with Crippen LogP contribution in [0.5, 0.6) is 0 Å². The maximum Gasteiger partial charge on any atom is 0.412 e. The summed E-state index contributed by atoms with van der Waals surface area (Å²) in [6, 6.07) is 2.77. The Morgan fingerprint density at radius 2 is 1.70 bits per heavy atom. The molecule has 4 N–H and O–H groups in total. The summed E-state index contributed by atoms with van der Waals surface area (Å²) >= 11 is 0. The number of nitrogens with one attached hydrogen (secondary N) is 4. The van der Waals surface area contributed by atoms with Gasteiger partial charge in [-0.3, -0.25) is 24.4 Å². The highest BCUT2D eigenvalue weighted by Gasteiger charge is 2.62. The molecule has 1 aliphatic heterocycles. The van der Waals surface area contributed by atoms with Crippen LogP contribution >= 0.6 is 0 Å². The fourth-order valence-corrected chi connectivity index (χ4v) is 7.55. The lowest BCUT2D eigenvalue weighted by molar-refractivity contribution is -0.143. The molecule has 0 radical (unpaired) electrons. The summed E-state index contributed by atoms with van der Waals surface area (Å²) in [6.07, 6.45) is 2.46. The van der Waals surface area contributed by atoms with Crippen molar-refractivity contribution in [1.82, 2.24) is 35.2 Å². The zero-order valence-corrected chi connectivity index (χ0v) is 31.8. The van der Waals surface area contributed by atoms with Gasteiger partial charge >= 0.3 is 12.2 Å². The number of likely N-dealkylation sites (tertiary alicyclic amines) is 1. The second-order valence-electron chi connectivity index (χ2n) is 15.9. The minimum Gasteiger partial charge on any atom is -0.444 e. The Labute approximate surface area is 308 Å². The third kappa shape index (κ3) is 9.15. The van der Waals surface area contributed by atoms with E-state index in [-0.39, 0.29) is 19.4 Å². The summed E-state index contributed by atoms with van der Waals surface area (Å²) in [7, 11) is -3.94. The molecule has 5 atom stereocenters. The first-order chi connectivity index (χ1) is 24.6. The molecule has 2 heterocycles. The number of aromatic nitrogens is 3. The molecule has 3 fully saturated rings. The standard InChI is InChI=1S/C35H48N8O9S/c1-9-21-18-35(21,30(46)41-53(49,50)23-11-12-23)40-28(44)26-17-22(19-42(26)29(45)27(33(3,4)5)39-32(48)52-34(6,7)8)51-31(47)38-24-16-20(2)10-13-25(24)43-36-14-15-37-43/h9-10,13-16,21-23,26-27H,1,11-12,17-19H2,2-8H3,(H,38,47)(H,39,48)(H,40,44)(H,41,46)/t21?,22-,26+,27-,35?/m1/s1. The number of alkyl carbamates (subject to hydrolysis) is 1. The van der Waals surface area contributed by atoms with E-state index < -0.39 is 85.8 Å². The van der Waals surface area contributed by atoms with Gasteiger partial charge < -0.3 is 25.0 Å². The van der Waals surface area contributed by atoms with E-state index in [1.54, 1.807) is 53.7 Å². The van der Waals surface area contributed by atoms with E-state index in [4.69, 9.17) is 9.47 Å². The number of ether oxygens (including phenoxy) is 2. The van der Waals surface area contributed by atoms with Crippen molar-refractivity contribution in [3.8, 4) is 5.69 Å². The van der Waals surface area contributed by atoms with Gasteiger partial charge in [0.05, 0.1) is 29.9 Å². The van der Waals surface area contributed by atoms with Crippen LogP contribution in [0.15, 0.2) is 43.2 Å². The Hall–Kier alpha value is -5.00. The van der Waals surface area contributed by atoms with Crippen molar-refractivity contribution >= 4 is 45.6 Å². The zero-order chi connectivity index (χ0) is 39.1. The topological polar surface area (TPSA) is 220 Å². The molecule has 0 spiro atoms. The van der Waals surface area contributed by atoms with Crippen LogP contribution in [-0.4, -0.2) is 99.3 Å². The van der Waals surface area contributed by atoms with E-state index in [0.29, 0.717) is 24.2 Å². The first kappa shape index (κ1) is 39.2. The number of amides is 5. The molecule has 1 aromatic heterocycles. The number of benzene rings is 1. The van der Waals surface area contributed by atoms with Gasteiger partial charge in [0.2, 0.25) is 21.8 Å². The first-order valence-electron chi connectivity index (χ1n) is 17.4. The van der Waals surface area contributed by atoms with Crippen molar-refractivity contribution in [2.45, 2.75) is 109 Å². The van der Waals surface area contributed by atoms with Crippen LogP contribution in [0.1, 0.15) is 72.8 Å². The monoisotopic (exact) mass is 756 g/mol. The molecule has 5 rings (SSSR count). The van der Waals surface area contributed by atoms with Gasteiger partial charge in [0.15, 0.2) is 0 Å². The van der Waals surface area contributed by atoms with Crippen LogP contribution < -0.4 is 20.7 Å². The molecule has 2 aliphatic carbocycles. The van der Waals surface area contributed by atoms with E-state index in [2.05, 4.69) is 37.4 Å². The molecule has 0 bridgehead atoms. The zero-order valence-electron chi connectivity index (χ0n) is 31.0. The summed E-state index contributed by atoms with van der Waals surface area (Å²) < 4.78 is 38.6. The van der Waals surface area contributed by atoms with Crippen molar-refractivity contribution in [2.75, 3.05) is 11.9 Å². The fraction of sp³-hybridized carbons (Fsp3) is 0.571. The predicted molar refractivity (Wildman–Crippen MR) is 192 cm³/mol. The lowest BCUT2D eigenvalue weighted by atomic mass is 9.85. The van der Waals surface area contributed by atoms with E-state index in [1.807, 2.05) is 13.0 Å². The van der Waals surface area contributed by atoms with Gasteiger partial charge in [-0.05, 0) is 70.1 Å². The average Bonchev–Trinajstić information content (AvgIpc) is 3.91. The maximum atomic E-state index is 14.4. The predicted octanol–water partition coefficient (Wildman–Crippen LogP) is 2.70. The average molecular weight is 757 g/mol. The number of carbonyl (C=O) groups is 5. The number of carbonyl (C=O) groups excluding carboxylic acids is 5. The number of aryl methyl sites for hydroxylation is 1. The van der Waals surface area contributed by atoms with Crippen LogP contribution in [-0.2, 0) is 33.9 Å². The maximum absolute atomic E-state index is 14.4.